The van der Waals surface area contributed by atoms with Crippen molar-refractivity contribution in [2.45, 2.75) is 25.2 Å². The number of rotatable bonds is 2. The molecule has 1 fully saturated rings. The van der Waals surface area contributed by atoms with E-state index in [0.717, 1.165) is 16.5 Å². The van der Waals surface area contributed by atoms with E-state index < -0.39 is 0 Å². The maximum absolute atomic E-state index is 5.85. The highest BCUT2D eigenvalue weighted by molar-refractivity contribution is 9.10. The van der Waals surface area contributed by atoms with Crippen LogP contribution in [0.5, 0.6) is 0 Å². The van der Waals surface area contributed by atoms with Gasteiger partial charge in [0.25, 0.3) is 0 Å². The van der Waals surface area contributed by atoms with E-state index in [2.05, 4.69) is 34.1 Å². The smallest absolute Gasteiger partial charge is 0.0972 e. The summed E-state index contributed by atoms with van der Waals surface area (Å²) in [6, 6.07) is 6.30. The maximum atomic E-state index is 5.85. The van der Waals surface area contributed by atoms with E-state index >= 15 is 0 Å². The first-order chi connectivity index (χ1) is 8.28. The van der Waals surface area contributed by atoms with Crippen LogP contribution in [0, 0.1) is 5.92 Å². The van der Waals surface area contributed by atoms with Crippen LogP contribution >= 0.6 is 27.3 Å². The Balaban J connectivity index is 2.00. The van der Waals surface area contributed by atoms with Crippen molar-refractivity contribution in [3.8, 4) is 0 Å². The highest BCUT2D eigenvalue weighted by atomic mass is 79.9. The molecular weight excluding hydrogens is 296 g/mol. The molecule has 2 N–H and O–H groups in total. The standard InChI is InChI=1S/C13H15BrN2S/c14-9-4-5-11-12(6-9)17-13(16-11)10-3-1-2-8(10)7-15/h4-6,8,10H,1-3,7,15H2. The van der Waals surface area contributed by atoms with Crippen molar-refractivity contribution in [3.05, 3.63) is 27.7 Å². The average molecular weight is 311 g/mol. The molecule has 0 amide bonds. The molecule has 1 saturated carbocycles. The summed E-state index contributed by atoms with van der Waals surface area (Å²) in [4.78, 5) is 4.78. The van der Waals surface area contributed by atoms with Gasteiger partial charge in [0.15, 0.2) is 0 Å². The summed E-state index contributed by atoms with van der Waals surface area (Å²) in [5.41, 5.74) is 6.97. The molecular formula is C13H15BrN2S. The Morgan fingerprint density at radius 3 is 3.12 bits per heavy atom. The fourth-order valence-corrected chi connectivity index (χ4v) is 4.47. The summed E-state index contributed by atoms with van der Waals surface area (Å²) in [6.07, 6.45) is 3.82. The normalized spacial score (nSPS) is 24.6. The first-order valence-electron chi connectivity index (χ1n) is 6.04. The molecule has 1 aliphatic carbocycles. The molecule has 2 nitrogen and oxygen atoms in total. The highest BCUT2D eigenvalue weighted by Gasteiger charge is 2.29. The van der Waals surface area contributed by atoms with Gasteiger partial charge in [-0.15, -0.1) is 11.3 Å². The predicted octanol–water partition coefficient (Wildman–Crippen LogP) is 3.90. The number of nitrogens with zero attached hydrogens (tertiary/aromatic N) is 1. The van der Waals surface area contributed by atoms with Gasteiger partial charge in [-0.25, -0.2) is 4.98 Å². The highest BCUT2D eigenvalue weighted by Crippen LogP contribution is 2.42. The number of aromatic nitrogens is 1. The molecule has 2 unspecified atom stereocenters. The minimum atomic E-state index is 0.594. The lowest BCUT2D eigenvalue weighted by molar-refractivity contribution is 0.495. The molecule has 0 spiro atoms. The molecule has 2 aromatic rings. The minimum Gasteiger partial charge on any atom is -0.330 e. The van der Waals surface area contributed by atoms with Crippen LogP contribution in [0.3, 0.4) is 0 Å². The van der Waals surface area contributed by atoms with Crippen LogP contribution in [0.2, 0.25) is 0 Å². The number of nitrogens with two attached hydrogens (primary N) is 1. The lowest BCUT2D eigenvalue weighted by Crippen LogP contribution is -2.16. The fraction of sp³-hybridized carbons (Fsp3) is 0.462. The van der Waals surface area contributed by atoms with Crippen LogP contribution in [0.15, 0.2) is 22.7 Å². The van der Waals surface area contributed by atoms with E-state index in [0.29, 0.717) is 11.8 Å². The second kappa shape index (κ2) is 4.67. The largest absolute Gasteiger partial charge is 0.330 e. The number of thiazole rings is 1. The summed E-state index contributed by atoms with van der Waals surface area (Å²) in [6.45, 7) is 0.796. The zero-order chi connectivity index (χ0) is 11.8. The van der Waals surface area contributed by atoms with E-state index in [1.165, 1.54) is 29.0 Å². The Hall–Kier alpha value is -0.450. The van der Waals surface area contributed by atoms with Gasteiger partial charge < -0.3 is 5.73 Å². The Bertz CT molecular complexity index is 537. The SMILES string of the molecule is NCC1CCCC1c1nc2ccc(Br)cc2s1. The maximum Gasteiger partial charge on any atom is 0.0972 e. The van der Waals surface area contributed by atoms with Gasteiger partial charge in [0.1, 0.15) is 0 Å². The zero-order valence-electron chi connectivity index (χ0n) is 9.53. The van der Waals surface area contributed by atoms with Crippen LogP contribution in [-0.4, -0.2) is 11.5 Å². The first kappa shape index (κ1) is 11.6. The van der Waals surface area contributed by atoms with E-state index in [9.17, 15) is 0 Å². The van der Waals surface area contributed by atoms with Crippen LogP contribution in [0.4, 0.5) is 0 Å². The van der Waals surface area contributed by atoms with Crippen LogP contribution in [0.1, 0.15) is 30.2 Å². The van der Waals surface area contributed by atoms with Gasteiger partial charge in [0.2, 0.25) is 0 Å². The Kier molecular flexibility index (Phi) is 3.19. The van der Waals surface area contributed by atoms with Gasteiger partial charge in [0, 0.05) is 10.4 Å². The molecule has 2 atom stereocenters. The molecule has 3 rings (SSSR count). The molecule has 4 heteroatoms. The second-order valence-corrected chi connectivity index (χ2v) is 6.68. The molecule has 1 aliphatic rings. The predicted molar refractivity (Wildman–Crippen MR) is 76.5 cm³/mol. The van der Waals surface area contributed by atoms with Crippen LogP contribution < -0.4 is 5.73 Å². The molecule has 17 heavy (non-hydrogen) atoms. The zero-order valence-corrected chi connectivity index (χ0v) is 11.9. The van der Waals surface area contributed by atoms with Crippen molar-refractivity contribution in [2.24, 2.45) is 11.7 Å². The van der Waals surface area contributed by atoms with Crippen molar-refractivity contribution < 1.29 is 0 Å². The van der Waals surface area contributed by atoms with Gasteiger partial charge in [-0.3, -0.25) is 0 Å². The summed E-state index contributed by atoms with van der Waals surface area (Å²) in [7, 11) is 0. The number of hydrogen-bond donors (Lipinski definition) is 1. The summed E-state index contributed by atoms with van der Waals surface area (Å²) in [5.74, 6) is 1.23. The topological polar surface area (TPSA) is 38.9 Å². The molecule has 0 bridgehead atoms. The third-order valence-corrected chi connectivity index (χ3v) is 5.29. The number of benzene rings is 1. The van der Waals surface area contributed by atoms with Crippen molar-refractivity contribution in [1.82, 2.24) is 4.98 Å². The van der Waals surface area contributed by atoms with Crippen molar-refractivity contribution >= 4 is 37.5 Å². The molecule has 90 valence electrons. The summed E-state index contributed by atoms with van der Waals surface area (Å²) >= 11 is 5.34. The van der Waals surface area contributed by atoms with Crippen molar-refractivity contribution in [3.63, 3.8) is 0 Å². The third kappa shape index (κ3) is 2.14. The monoisotopic (exact) mass is 310 g/mol. The fourth-order valence-electron chi connectivity index (χ4n) is 2.72. The quantitative estimate of drug-likeness (QED) is 0.913. The van der Waals surface area contributed by atoms with E-state index in [-0.39, 0.29) is 0 Å². The second-order valence-electron chi connectivity index (χ2n) is 4.70. The summed E-state index contributed by atoms with van der Waals surface area (Å²) < 4.78 is 2.40. The Morgan fingerprint density at radius 1 is 1.41 bits per heavy atom. The van der Waals surface area contributed by atoms with Crippen molar-refractivity contribution in [1.29, 1.82) is 0 Å². The molecule has 1 aromatic carbocycles. The number of hydrogen-bond acceptors (Lipinski definition) is 3. The number of fused-ring (bicyclic) bond motifs is 1. The Morgan fingerprint density at radius 2 is 2.29 bits per heavy atom. The summed E-state index contributed by atoms with van der Waals surface area (Å²) in [5, 5.41) is 1.28. The molecule has 0 saturated heterocycles. The van der Waals surface area contributed by atoms with Gasteiger partial charge in [-0.2, -0.15) is 0 Å². The van der Waals surface area contributed by atoms with Gasteiger partial charge in [0.05, 0.1) is 15.2 Å². The van der Waals surface area contributed by atoms with E-state index in [1.54, 1.807) is 0 Å². The molecule has 0 aliphatic heterocycles. The van der Waals surface area contributed by atoms with Gasteiger partial charge in [-0.1, -0.05) is 22.4 Å². The first-order valence-corrected chi connectivity index (χ1v) is 7.65. The Labute approximate surface area is 113 Å². The van der Waals surface area contributed by atoms with Gasteiger partial charge in [-0.05, 0) is 43.5 Å². The minimum absolute atomic E-state index is 0.594. The molecule has 0 radical (unpaired) electrons. The van der Waals surface area contributed by atoms with Gasteiger partial charge >= 0.3 is 0 Å². The lowest BCUT2D eigenvalue weighted by atomic mass is 9.97. The van der Waals surface area contributed by atoms with Crippen LogP contribution in [0.25, 0.3) is 10.2 Å². The van der Waals surface area contributed by atoms with E-state index in [1.807, 2.05) is 11.3 Å². The number of halogens is 1. The third-order valence-electron chi connectivity index (χ3n) is 3.65. The van der Waals surface area contributed by atoms with E-state index in [4.69, 9.17) is 10.7 Å². The van der Waals surface area contributed by atoms with Crippen LogP contribution in [-0.2, 0) is 0 Å². The average Bonchev–Trinajstić information content (AvgIpc) is 2.93. The molecule has 1 aromatic heterocycles. The lowest BCUT2D eigenvalue weighted by Gasteiger charge is -2.14. The molecule has 1 heterocycles. The van der Waals surface area contributed by atoms with Crippen molar-refractivity contribution in [2.75, 3.05) is 6.54 Å².